The van der Waals surface area contributed by atoms with E-state index in [1.807, 2.05) is 13.3 Å². The molecule has 0 bridgehead atoms. The molecule has 17 heavy (non-hydrogen) atoms. The van der Waals surface area contributed by atoms with Crippen LogP contribution in [0.1, 0.15) is 31.4 Å². The van der Waals surface area contributed by atoms with Gasteiger partial charge in [0.2, 0.25) is 0 Å². The van der Waals surface area contributed by atoms with Gasteiger partial charge in [-0.25, -0.2) is 4.98 Å². The predicted molar refractivity (Wildman–Crippen MR) is 72.5 cm³/mol. The van der Waals surface area contributed by atoms with Crippen LogP contribution in [0, 0.1) is 5.92 Å². The van der Waals surface area contributed by atoms with Crippen LogP contribution < -0.4 is 5.32 Å². The Labute approximate surface area is 108 Å². The van der Waals surface area contributed by atoms with E-state index < -0.39 is 0 Å². The zero-order valence-corrected chi connectivity index (χ0v) is 11.6. The number of rotatable bonds is 5. The average molecular weight is 254 g/mol. The van der Waals surface area contributed by atoms with Crippen LogP contribution in [-0.2, 0) is 12.8 Å². The molecular formula is C13H22N2OS. The number of hydrogen-bond acceptors (Lipinski definition) is 4. The number of oxazole rings is 1. The molecule has 2 heterocycles. The second-order valence-corrected chi connectivity index (χ2v) is 6.11. The monoisotopic (exact) mass is 254 g/mol. The van der Waals surface area contributed by atoms with Gasteiger partial charge >= 0.3 is 0 Å². The molecule has 1 unspecified atom stereocenters. The van der Waals surface area contributed by atoms with Gasteiger partial charge in [-0.2, -0.15) is 11.8 Å². The fraction of sp³-hybridized carbons (Fsp3) is 0.769. The highest BCUT2D eigenvalue weighted by Crippen LogP contribution is 2.25. The van der Waals surface area contributed by atoms with Gasteiger partial charge in [0.1, 0.15) is 6.26 Å². The molecule has 1 aliphatic rings. The lowest BCUT2D eigenvalue weighted by Crippen LogP contribution is -2.23. The summed E-state index contributed by atoms with van der Waals surface area (Å²) in [5.74, 6) is 4.31. The molecule has 4 heteroatoms. The molecule has 1 aromatic rings. The number of likely N-dealkylation sites (N-methyl/N-ethyl adjacent to an activating group) is 1. The lowest BCUT2D eigenvalue weighted by Gasteiger charge is -2.19. The third-order valence-corrected chi connectivity index (χ3v) is 4.46. The Bertz CT molecular complexity index is 334. The summed E-state index contributed by atoms with van der Waals surface area (Å²) < 4.78 is 5.57. The van der Waals surface area contributed by atoms with E-state index in [1.165, 1.54) is 24.3 Å². The van der Waals surface area contributed by atoms with Crippen LogP contribution >= 0.6 is 11.8 Å². The normalized spacial score (nSPS) is 19.4. The van der Waals surface area contributed by atoms with Crippen molar-refractivity contribution in [2.24, 2.45) is 5.92 Å². The molecule has 0 amide bonds. The Hall–Kier alpha value is -0.480. The topological polar surface area (TPSA) is 38.1 Å². The number of thioether (sulfide) groups is 1. The maximum atomic E-state index is 5.57. The van der Waals surface area contributed by atoms with Crippen molar-refractivity contribution in [1.82, 2.24) is 10.3 Å². The van der Waals surface area contributed by atoms with Crippen molar-refractivity contribution >= 4 is 11.8 Å². The fourth-order valence-electron chi connectivity index (χ4n) is 2.15. The van der Waals surface area contributed by atoms with Crippen LogP contribution in [0.2, 0.25) is 0 Å². The van der Waals surface area contributed by atoms with Gasteiger partial charge in [0.25, 0.3) is 0 Å². The maximum Gasteiger partial charge on any atom is 0.194 e. The minimum Gasteiger partial charge on any atom is -0.449 e. The highest BCUT2D eigenvalue weighted by atomic mass is 32.2. The van der Waals surface area contributed by atoms with Gasteiger partial charge in [0.05, 0.1) is 5.69 Å². The summed E-state index contributed by atoms with van der Waals surface area (Å²) in [6, 6.07) is 0.457. The average Bonchev–Trinajstić information content (AvgIpc) is 2.77. The predicted octanol–water partition coefficient (Wildman–Crippen LogP) is 2.51. The lowest BCUT2D eigenvalue weighted by molar-refractivity contribution is 0.408. The molecule has 1 aromatic heterocycles. The van der Waals surface area contributed by atoms with Crippen molar-refractivity contribution in [1.29, 1.82) is 0 Å². The highest BCUT2D eigenvalue weighted by Gasteiger charge is 2.17. The molecule has 1 atom stereocenters. The number of hydrogen-bond donors (Lipinski definition) is 1. The van der Waals surface area contributed by atoms with Crippen molar-refractivity contribution in [2.75, 3.05) is 18.6 Å². The van der Waals surface area contributed by atoms with Gasteiger partial charge < -0.3 is 9.73 Å². The van der Waals surface area contributed by atoms with Crippen LogP contribution in [-0.4, -0.2) is 29.6 Å². The van der Waals surface area contributed by atoms with E-state index >= 15 is 0 Å². The molecule has 1 N–H and O–H groups in total. The fourth-order valence-corrected chi connectivity index (χ4v) is 3.35. The van der Waals surface area contributed by atoms with E-state index in [9.17, 15) is 0 Å². The smallest absolute Gasteiger partial charge is 0.194 e. The largest absolute Gasteiger partial charge is 0.449 e. The molecular weight excluding hydrogens is 232 g/mol. The van der Waals surface area contributed by atoms with Crippen molar-refractivity contribution < 1.29 is 4.42 Å². The highest BCUT2D eigenvalue weighted by molar-refractivity contribution is 7.99. The Kier molecular flexibility index (Phi) is 4.92. The van der Waals surface area contributed by atoms with Crippen molar-refractivity contribution in [3.63, 3.8) is 0 Å². The SMILES string of the molecule is CNC(C)Cc1coc(CC2CCSCC2)n1. The van der Waals surface area contributed by atoms with Crippen LogP contribution in [0.5, 0.6) is 0 Å². The Morgan fingerprint density at radius 1 is 1.53 bits per heavy atom. The Balaban J connectivity index is 1.84. The zero-order chi connectivity index (χ0) is 12.1. The molecule has 1 fully saturated rings. The molecule has 0 spiro atoms. The van der Waals surface area contributed by atoms with E-state index in [0.717, 1.165) is 30.3 Å². The molecule has 96 valence electrons. The van der Waals surface area contributed by atoms with Crippen LogP contribution in [0.15, 0.2) is 10.7 Å². The minimum atomic E-state index is 0.457. The van der Waals surface area contributed by atoms with E-state index in [1.54, 1.807) is 0 Å². The summed E-state index contributed by atoms with van der Waals surface area (Å²) in [6.45, 7) is 2.16. The quantitative estimate of drug-likeness (QED) is 0.876. The maximum absolute atomic E-state index is 5.57. The molecule has 1 saturated heterocycles. The Morgan fingerprint density at radius 2 is 2.29 bits per heavy atom. The number of nitrogens with zero attached hydrogens (tertiary/aromatic N) is 1. The second kappa shape index (κ2) is 6.45. The number of aromatic nitrogens is 1. The third kappa shape index (κ3) is 4.03. The van der Waals surface area contributed by atoms with E-state index in [-0.39, 0.29) is 0 Å². The second-order valence-electron chi connectivity index (χ2n) is 4.89. The molecule has 0 aliphatic carbocycles. The standard InChI is InChI=1S/C13H22N2OS/c1-10(14-2)7-12-9-16-13(15-12)8-11-3-5-17-6-4-11/h9-11,14H,3-8H2,1-2H3. The van der Waals surface area contributed by atoms with Crippen LogP contribution in [0.25, 0.3) is 0 Å². The Morgan fingerprint density at radius 3 is 3.00 bits per heavy atom. The summed E-state index contributed by atoms with van der Waals surface area (Å²) in [6.07, 6.45) is 6.42. The lowest BCUT2D eigenvalue weighted by atomic mass is 9.99. The van der Waals surface area contributed by atoms with Crippen LogP contribution in [0.3, 0.4) is 0 Å². The van der Waals surface area contributed by atoms with Crippen LogP contribution in [0.4, 0.5) is 0 Å². The van der Waals surface area contributed by atoms with E-state index in [2.05, 4.69) is 29.0 Å². The first-order valence-corrected chi connectivity index (χ1v) is 7.61. The molecule has 0 saturated carbocycles. The minimum absolute atomic E-state index is 0.457. The van der Waals surface area contributed by atoms with Gasteiger partial charge in [-0.3, -0.25) is 0 Å². The number of nitrogens with one attached hydrogen (secondary N) is 1. The molecule has 1 aliphatic heterocycles. The van der Waals surface area contributed by atoms with Crippen molar-refractivity contribution in [2.45, 2.75) is 38.6 Å². The first-order valence-electron chi connectivity index (χ1n) is 6.46. The summed E-state index contributed by atoms with van der Waals surface area (Å²) in [5, 5.41) is 3.22. The molecule has 2 rings (SSSR count). The van der Waals surface area contributed by atoms with Gasteiger partial charge in [-0.1, -0.05) is 0 Å². The zero-order valence-electron chi connectivity index (χ0n) is 10.7. The summed E-state index contributed by atoms with van der Waals surface area (Å²) in [4.78, 5) is 4.58. The molecule has 0 aromatic carbocycles. The van der Waals surface area contributed by atoms with Crippen molar-refractivity contribution in [3.05, 3.63) is 17.8 Å². The molecule has 0 radical (unpaired) electrons. The van der Waals surface area contributed by atoms with E-state index in [0.29, 0.717) is 6.04 Å². The third-order valence-electron chi connectivity index (χ3n) is 3.41. The summed E-state index contributed by atoms with van der Waals surface area (Å²) in [5.41, 5.74) is 1.08. The van der Waals surface area contributed by atoms with Crippen molar-refractivity contribution in [3.8, 4) is 0 Å². The van der Waals surface area contributed by atoms with Gasteiger partial charge in [0, 0.05) is 18.9 Å². The summed E-state index contributed by atoms with van der Waals surface area (Å²) in [7, 11) is 1.98. The van der Waals surface area contributed by atoms with E-state index in [4.69, 9.17) is 4.42 Å². The first kappa shape index (κ1) is 13.0. The first-order chi connectivity index (χ1) is 8.28. The molecule has 3 nitrogen and oxygen atoms in total. The van der Waals surface area contributed by atoms with Gasteiger partial charge in [-0.15, -0.1) is 0 Å². The van der Waals surface area contributed by atoms with Gasteiger partial charge in [-0.05, 0) is 44.2 Å². The van der Waals surface area contributed by atoms with Gasteiger partial charge in [0.15, 0.2) is 5.89 Å². The summed E-state index contributed by atoms with van der Waals surface area (Å²) >= 11 is 2.07.